The first kappa shape index (κ1) is 19.6. The fourth-order valence-electron chi connectivity index (χ4n) is 4.10. The number of hydrogen-bond donors (Lipinski definition) is 0. The maximum atomic E-state index is 12.8. The summed E-state index contributed by atoms with van der Waals surface area (Å²) in [6.45, 7) is 5.31. The van der Waals surface area contributed by atoms with Crippen molar-refractivity contribution >= 4 is 16.9 Å². The third-order valence-electron chi connectivity index (χ3n) is 5.66. The standard InChI is InChI=1S/C23H29N5O/c1-17-6-4-7-18(14-17)15-21(29)27-11-9-19(16-27)22-20-8-5-10-24-23(20)28(25-22)13-12-26(2)3/h4-8,10,14,19H,9,11-13,15-16H2,1-3H3/t19-/m0/s1. The monoisotopic (exact) mass is 391 g/mol. The average molecular weight is 392 g/mol. The molecule has 0 radical (unpaired) electrons. The number of hydrogen-bond acceptors (Lipinski definition) is 4. The molecule has 152 valence electrons. The SMILES string of the molecule is Cc1cccc(CC(=O)N2CC[C@H](c3nn(CCN(C)C)c4ncccc34)C2)c1. The van der Waals surface area contributed by atoms with Crippen LogP contribution in [0.2, 0.25) is 0 Å². The number of likely N-dealkylation sites (N-methyl/N-ethyl adjacent to an activating group) is 1. The van der Waals surface area contributed by atoms with Gasteiger partial charge in [-0.15, -0.1) is 0 Å². The minimum absolute atomic E-state index is 0.201. The molecule has 4 rings (SSSR count). The van der Waals surface area contributed by atoms with E-state index in [0.717, 1.165) is 54.9 Å². The number of carbonyl (C=O) groups excluding carboxylic acids is 1. The van der Waals surface area contributed by atoms with Gasteiger partial charge in [0.05, 0.1) is 18.7 Å². The molecule has 6 heteroatoms. The lowest BCUT2D eigenvalue weighted by atomic mass is 10.0. The Bertz CT molecular complexity index is 1010. The van der Waals surface area contributed by atoms with Gasteiger partial charge >= 0.3 is 0 Å². The predicted molar refractivity (Wildman–Crippen MR) is 115 cm³/mol. The molecule has 0 aliphatic carbocycles. The lowest BCUT2D eigenvalue weighted by Crippen LogP contribution is -2.30. The molecular formula is C23H29N5O. The van der Waals surface area contributed by atoms with Gasteiger partial charge in [0.15, 0.2) is 5.65 Å². The highest BCUT2D eigenvalue weighted by Gasteiger charge is 2.30. The van der Waals surface area contributed by atoms with Gasteiger partial charge in [-0.1, -0.05) is 29.8 Å². The van der Waals surface area contributed by atoms with Gasteiger partial charge in [0, 0.05) is 37.1 Å². The van der Waals surface area contributed by atoms with Gasteiger partial charge in [-0.3, -0.25) is 4.79 Å². The summed E-state index contributed by atoms with van der Waals surface area (Å²) in [6.07, 6.45) is 3.24. The van der Waals surface area contributed by atoms with Crippen molar-refractivity contribution in [2.24, 2.45) is 0 Å². The Kier molecular flexibility index (Phi) is 5.62. The van der Waals surface area contributed by atoms with Gasteiger partial charge in [0.25, 0.3) is 0 Å². The van der Waals surface area contributed by atoms with E-state index in [0.29, 0.717) is 6.42 Å². The van der Waals surface area contributed by atoms with Crippen molar-refractivity contribution in [2.45, 2.75) is 32.2 Å². The van der Waals surface area contributed by atoms with Crippen LogP contribution >= 0.6 is 0 Å². The zero-order valence-corrected chi connectivity index (χ0v) is 17.5. The first-order valence-electron chi connectivity index (χ1n) is 10.3. The molecular weight excluding hydrogens is 362 g/mol. The van der Waals surface area contributed by atoms with Crippen molar-refractivity contribution in [2.75, 3.05) is 33.7 Å². The van der Waals surface area contributed by atoms with Crippen LogP contribution < -0.4 is 0 Å². The Balaban J connectivity index is 1.50. The number of nitrogens with zero attached hydrogens (tertiary/aromatic N) is 5. The van der Waals surface area contributed by atoms with E-state index in [4.69, 9.17) is 5.10 Å². The minimum Gasteiger partial charge on any atom is -0.342 e. The summed E-state index contributed by atoms with van der Waals surface area (Å²) < 4.78 is 2.02. The molecule has 0 spiro atoms. The molecule has 6 nitrogen and oxygen atoms in total. The third kappa shape index (κ3) is 4.32. The van der Waals surface area contributed by atoms with Crippen molar-refractivity contribution in [3.05, 3.63) is 59.4 Å². The van der Waals surface area contributed by atoms with E-state index in [1.165, 1.54) is 5.56 Å². The maximum Gasteiger partial charge on any atom is 0.227 e. The summed E-state index contributed by atoms with van der Waals surface area (Å²) >= 11 is 0. The van der Waals surface area contributed by atoms with Crippen molar-refractivity contribution in [3.63, 3.8) is 0 Å². The molecule has 2 aromatic heterocycles. The fraction of sp³-hybridized carbons (Fsp3) is 0.435. The van der Waals surface area contributed by atoms with Crippen LogP contribution in [0.5, 0.6) is 0 Å². The molecule has 1 fully saturated rings. The van der Waals surface area contributed by atoms with E-state index < -0.39 is 0 Å². The predicted octanol–water partition coefficient (Wildman–Crippen LogP) is 2.86. The van der Waals surface area contributed by atoms with Crippen LogP contribution in [0, 0.1) is 6.92 Å². The molecule has 1 amide bonds. The Hall–Kier alpha value is -2.73. The first-order valence-corrected chi connectivity index (χ1v) is 10.3. The summed E-state index contributed by atoms with van der Waals surface area (Å²) in [5.41, 5.74) is 4.30. The summed E-state index contributed by atoms with van der Waals surface area (Å²) in [7, 11) is 4.13. The van der Waals surface area contributed by atoms with Crippen LogP contribution in [0.4, 0.5) is 0 Å². The summed E-state index contributed by atoms with van der Waals surface area (Å²) in [4.78, 5) is 21.5. The van der Waals surface area contributed by atoms with Crippen LogP contribution in [0.3, 0.4) is 0 Å². The summed E-state index contributed by atoms with van der Waals surface area (Å²) in [5.74, 6) is 0.469. The van der Waals surface area contributed by atoms with Crippen molar-refractivity contribution in [1.82, 2.24) is 24.6 Å². The quantitative estimate of drug-likeness (QED) is 0.648. The van der Waals surface area contributed by atoms with Crippen LogP contribution in [0.1, 0.15) is 29.2 Å². The molecule has 0 saturated carbocycles. The molecule has 1 atom stereocenters. The number of rotatable bonds is 6. The number of pyridine rings is 1. The largest absolute Gasteiger partial charge is 0.342 e. The normalized spacial score (nSPS) is 16.8. The molecule has 0 unspecified atom stereocenters. The third-order valence-corrected chi connectivity index (χ3v) is 5.66. The van der Waals surface area contributed by atoms with Gasteiger partial charge in [-0.25, -0.2) is 9.67 Å². The zero-order valence-electron chi connectivity index (χ0n) is 17.5. The molecule has 1 aliphatic rings. The number of aryl methyl sites for hydroxylation is 1. The lowest BCUT2D eigenvalue weighted by Gasteiger charge is -2.16. The number of likely N-dealkylation sites (tertiary alicyclic amines) is 1. The highest BCUT2D eigenvalue weighted by atomic mass is 16.2. The fourth-order valence-corrected chi connectivity index (χ4v) is 4.10. The Morgan fingerprint density at radius 2 is 2.10 bits per heavy atom. The Morgan fingerprint density at radius 3 is 2.90 bits per heavy atom. The lowest BCUT2D eigenvalue weighted by molar-refractivity contribution is -0.129. The molecule has 1 aliphatic heterocycles. The molecule has 29 heavy (non-hydrogen) atoms. The van der Waals surface area contributed by atoms with Gasteiger partial charge in [-0.2, -0.15) is 5.10 Å². The second-order valence-corrected chi connectivity index (χ2v) is 8.28. The number of aromatic nitrogens is 3. The summed E-state index contributed by atoms with van der Waals surface area (Å²) in [5, 5.41) is 6.04. The Labute approximate surface area is 172 Å². The van der Waals surface area contributed by atoms with Gasteiger partial charge in [-0.05, 0) is 45.1 Å². The number of benzene rings is 1. The second-order valence-electron chi connectivity index (χ2n) is 8.28. The number of amides is 1. The molecule has 0 bridgehead atoms. The highest BCUT2D eigenvalue weighted by molar-refractivity contribution is 5.81. The van der Waals surface area contributed by atoms with E-state index in [2.05, 4.69) is 49.1 Å². The van der Waals surface area contributed by atoms with E-state index in [9.17, 15) is 4.79 Å². The van der Waals surface area contributed by atoms with Crippen LogP contribution in [-0.4, -0.2) is 64.2 Å². The molecule has 1 aromatic carbocycles. The van der Waals surface area contributed by atoms with Gasteiger partial charge < -0.3 is 9.80 Å². The van der Waals surface area contributed by atoms with Gasteiger partial charge in [0.2, 0.25) is 5.91 Å². The van der Waals surface area contributed by atoms with Crippen molar-refractivity contribution in [1.29, 1.82) is 0 Å². The van der Waals surface area contributed by atoms with E-state index in [-0.39, 0.29) is 11.8 Å². The van der Waals surface area contributed by atoms with Crippen LogP contribution in [0.15, 0.2) is 42.6 Å². The van der Waals surface area contributed by atoms with Crippen molar-refractivity contribution < 1.29 is 4.79 Å². The Morgan fingerprint density at radius 1 is 1.24 bits per heavy atom. The van der Waals surface area contributed by atoms with Crippen molar-refractivity contribution in [3.8, 4) is 0 Å². The van der Waals surface area contributed by atoms with Crippen LogP contribution in [-0.2, 0) is 17.8 Å². The summed E-state index contributed by atoms with van der Waals surface area (Å²) in [6, 6.07) is 12.3. The van der Waals surface area contributed by atoms with Gasteiger partial charge in [0.1, 0.15) is 0 Å². The number of carbonyl (C=O) groups is 1. The second kappa shape index (κ2) is 8.33. The average Bonchev–Trinajstić information content (AvgIpc) is 3.31. The van der Waals surface area contributed by atoms with E-state index >= 15 is 0 Å². The molecule has 3 aromatic rings. The topological polar surface area (TPSA) is 54.3 Å². The molecule has 0 N–H and O–H groups in total. The molecule has 3 heterocycles. The maximum absolute atomic E-state index is 12.8. The minimum atomic E-state index is 0.201. The van der Waals surface area contributed by atoms with Crippen LogP contribution in [0.25, 0.3) is 11.0 Å². The zero-order chi connectivity index (χ0) is 20.4. The molecule has 1 saturated heterocycles. The van der Waals surface area contributed by atoms with E-state index in [1.807, 2.05) is 34.0 Å². The van der Waals surface area contributed by atoms with E-state index in [1.54, 1.807) is 0 Å². The highest BCUT2D eigenvalue weighted by Crippen LogP contribution is 2.31. The number of fused-ring (bicyclic) bond motifs is 1. The smallest absolute Gasteiger partial charge is 0.227 e. The first-order chi connectivity index (χ1) is 14.0.